The topological polar surface area (TPSA) is 40.2 Å². The first-order valence-electron chi connectivity index (χ1n) is 8.30. The third-order valence-electron chi connectivity index (χ3n) is 4.51. The van der Waals surface area contributed by atoms with Crippen LogP contribution in [0.25, 0.3) is 22.1 Å². The maximum Gasteiger partial charge on any atom is 0.134 e. The predicted molar refractivity (Wildman–Crippen MR) is 97.8 cm³/mol. The Morgan fingerprint density at radius 3 is 2.42 bits per heavy atom. The Bertz CT molecular complexity index is 869. The lowest BCUT2D eigenvalue weighted by Gasteiger charge is -2.19. The van der Waals surface area contributed by atoms with Gasteiger partial charge in [-0.2, -0.15) is 5.26 Å². The van der Waals surface area contributed by atoms with E-state index in [0.29, 0.717) is 11.6 Å². The van der Waals surface area contributed by atoms with Crippen molar-refractivity contribution in [1.82, 2.24) is 4.90 Å². The van der Waals surface area contributed by atoms with Gasteiger partial charge in [0.1, 0.15) is 11.3 Å². The number of furan rings is 1. The normalized spacial score (nSPS) is 11.3. The van der Waals surface area contributed by atoms with Crippen molar-refractivity contribution in [2.75, 3.05) is 13.6 Å². The van der Waals surface area contributed by atoms with Crippen molar-refractivity contribution < 1.29 is 4.42 Å². The van der Waals surface area contributed by atoms with Gasteiger partial charge in [-0.1, -0.05) is 18.2 Å². The van der Waals surface area contributed by atoms with Crippen molar-refractivity contribution >= 4 is 11.0 Å². The Morgan fingerprint density at radius 1 is 1.04 bits per heavy atom. The highest BCUT2D eigenvalue weighted by atomic mass is 16.3. The van der Waals surface area contributed by atoms with Crippen LogP contribution in [0.2, 0.25) is 0 Å². The summed E-state index contributed by atoms with van der Waals surface area (Å²) in [6.07, 6.45) is 0.912. The van der Waals surface area contributed by atoms with E-state index >= 15 is 0 Å². The third-order valence-corrected chi connectivity index (χ3v) is 4.51. The quantitative estimate of drug-likeness (QED) is 0.675. The fourth-order valence-electron chi connectivity index (χ4n) is 2.68. The highest BCUT2D eigenvalue weighted by molar-refractivity contribution is 5.84. The summed E-state index contributed by atoms with van der Waals surface area (Å²) in [5, 5.41) is 10.0. The van der Waals surface area contributed by atoms with Crippen LogP contribution in [0, 0.1) is 11.3 Å². The van der Waals surface area contributed by atoms with Crippen molar-refractivity contribution in [3.8, 4) is 17.2 Å². The third kappa shape index (κ3) is 3.50. The standard InChI is InChI=1S/C21H22N2O/c1-15(2)23(3)11-10-20-13-19-12-18(8-9-21(19)24-20)17-6-4-16(14-22)5-7-17/h4-9,12-13,15H,10-11H2,1-3H3. The second kappa shape index (κ2) is 6.90. The molecule has 0 radical (unpaired) electrons. The molecule has 0 aliphatic heterocycles. The molecule has 0 fully saturated rings. The molecular formula is C21H22N2O. The first-order valence-corrected chi connectivity index (χ1v) is 8.30. The van der Waals surface area contributed by atoms with Crippen molar-refractivity contribution in [2.45, 2.75) is 26.3 Å². The predicted octanol–water partition coefficient (Wildman–Crippen LogP) is 4.85. The zero-order valence-corrected chi connectivity index (χ0v) is 14.4. The molecule has 0 unspecified atom stereocenters. The number of hydrogen-bond acceptors (Lipinski definition) is 3. The summed E-state index contributed by atoms with van der Waals surface area (Å²) in [7, 11) is 2.14. The summed E-state index contributed by atoms with van der Waals surface area (Å²) in [5.41, 5.74) is 3.85. The minimum atomic E-state index is 0.539. The molecule has 0 bridgehead atoms. The maximum atomic E-state index is 8.90. The van der Waals surface area contributed by atoms with E-state index in [2.05, 4.69) is 50.1 Å². The van der Waals surface area contributed by atoms with Gasteiger partial charge in [-0.15, -0.1) is 0 Å². The first kappa shape index (κ1) is 16.3. The van der Waals surface area contributed by atoms with Crippen LogP contribution in [-0.4, -0.2) is 24.5 Å². The molecule has 24 heavy (non-hydrogen) atoms. The summed E-state index contributed by atoms with van der Waals surface area (Å²) in [6, 6.07) is 18.7. The van der Waals surface area contributed by atoms with Crippen LogP contribution in [0.15, 0.2) is 52.9 Å². The van der Waals surface area contributed by atoms with Crippen LogP contribution in [-0.2, 0) is 6.42 Å². The van der Waals surface area contributed by atoms with E-state index in [1.54, 1.807) is 0 Å². The molecule has 0 saturated heterocycles. The van der Waals surface area contributed by atoms with Gasteiger partial charge in [0, 0.05) is 24.4 Å². The zero-order valence-electron chi connectivity index (χ0n) is 14.4. The maximum absolute atomic E-state index is 8.90. The van der Waals surface area contributed by atoms with Crippen LogP contribution in [0.3, 0.4) is 0 Å². The molecule has 0 atom stereocenters. The minimum Gasteiger partial charge on any atom is -0.461 e. The summed E-state index contributed by atoms with van der Waals surface area (Å²) in [4.78, 5) is 2.31. The van der Waals surface area contributed by atoms with Gasteiger partial charge in [0.05, 0.1) is 11.6 Å². The molecule has 1 aromatic heterocycles. The van der Waals surface area contributed by atoms with Gasteiger partial charge >= 0.3 is 0 Å². The smallest absolute Gasteiger partial charge is 0.134 e. The van der Waals surface area contributed by atoms with E-state index in [4.69, 9.17) is 9.68 Å². The van der Waals surface area contributed by atoms with Gasteiger partial charge in [-0.3, -0.25) is 0 Å². The fourth-order valence-corrected chi connectivity index (χ4v) is 2.68. The molecule has 3 rings (SSSR count). The summed E-state index contributed by atoms with van der Waals surface area (Å²) in [5.74, 6) is 1.02. The molecule has 2 aromatic carbocycles. The summed E-state index contributed by atoms with van der Waals surface area (Å²) in [6.45, 7) is 5.38. The van der Waals surface area contributed by atoms with Crippen LogP contribution in [0.4, 0.5) is 0 Å². The zero-order chi connectivity index (χ0) is 17.1. The van der Waals surface area contributed by atoms with Gasteiger partial charge in [0.25, 0.3) is 0 Å². The average molecular weight is 318 g/mol. The molecule has 3 aromatic rings. The number of nitriles is 1. The average Bonchev–Trinajstić information content (AvgIpc) is 3.01. The Morgan fingerprint density at radius 2 is 1.75 bits per heavy atom. The fraction of sp³-hybridized carbons (Fsp3) is 0.286. The van der Waals surface area contributed by atoms with Crippen molar-refractivity contribution in [2.24, 2.45) is 0 Å². The van der Waals surface area contributed by atoms with Crippen molar-refractivity contribution in [3.63, 3.8) is 0 Å². The van der Waals surface area contributed by atoms with Gasteiger partial charge in [-0.05, 0) is 62.4 Å². The van der Waals surface area contributed by atoms with E-state index in [1.165, 1.54) is 0 Å². The van der Waals surface area contributed by atoms with E-state index in [9.17, 15) is 0 Å². The highest BCUT2D eigenvalue weighted by Crippen LogP contribution is 2.27. The number of fused-ring (bicyclic) bond motifs is 1. The first-order chi connectivity index (χ1) is 11.6. The molecule has 0 amide bonds. The monoisotopic (exact) mass is 318 g/mol. The molecule has 0 spiro atoms. The molecular weight excluding hydrogens is 296 g/mol. The second-order valence-corrected chi connectivity index (χ2v) is 6.48. The lowest BCUT2D eigenvalue weighted by atomic mass is 10.0. The number of hydrogen-bond donors (Lipinski definition) is 0. The highest BCUT2D eigenvalue weighted by Gasteiger charge is 2.08. The van der Waals surface area contributed by atoms with Crippen LogP contribution in [0.5, 0.6) is 0 Å². The SMILES string of the molecule is CC(C)N(C)CCc1cc2cc(-c3ccc(C#N)cc3)ccc2o1. The lowest BCUT2D eigenvalue weighted by Crippen LogP contribution is -2.28. The minimum absolute atomic E-state index is 0.539. The molecule has 1 heterocycles. The van der Waals surface area contributed by atoms with Crippen LogP contribution >= 0.6 is 0 Å². The van der Waals surface area contributed by atoms with Gasteiger partial charge < -0.3 is 9.32 Å². The Labute approximate surface area is 143 Å². The number of rotatable bonds is 5. The number of nitrogens with zero attached hydrogens (tertiary/aromatic N) is 2. The summed E-state index contributed by atoms with van der Waals surface area (Å²) >= 11 is 0. The van der Waals surface area contributed by atoms with E-state index < -0.39 is 0 Å². The second-order valence-electron chi connectivity index (χ2n) is 6.48. The molecule has 122 valence electrons. The van der Waals surface area contributed by atoms with Crippen molar-refractivity contribution in [1.29, 1.82) is 5.26 Å². The van der Waals surface area contributed by atoms with E-state index in [1.807, 2.05) is 30.3 Å². The molecule has 0 N–H and O–H groups in total. The summed E-state index contributed by atoms with van der Waals surface area (Å²) < 4.78 is 5.96. The molecule has 0 aliphatic carbocycles. The Hall–Kier alpha value is -2.57. The molecule has 0 aliphatic rings. The van der Waals surface area contributed by atoms with E-state index in [0.717, 1.165) is 40.8 Å². The lowest BCUT2D eigenvalue weighted by molar-refractivity contribution is 0.271. The van der Waals surface area contributed by atoms with Gasteiger partial charge in [-0.25, -0.2) is 0 Å². The molecule has 0 saturated carbocycles. The largest absolute Gasteiger partial charge is 0.461 e. The van der Waals surface area contributed by atoms with E-state index in [-0.39, 0.29) is 0 Å². The Balaban J connectivity index is 1.82. The molecule has 3 heteroatoms. The van der Waals surface area contributed by atoms with Gasteiger partial charge in [0.15, 0.2) is 0 Å². The van der Waals surface area contributed by atoms with Gasteiger partial charge in [0.2, 0.25) is 0 Å². The van der Waals surface area contributed by atoms with Crippen LogP contribution in [0.1, 0.15) is 25.2 Å². The van der Waals surface area contributed by atoms with Crippen molar-refractivity contribution in [3.05, 3.63) is 59.9 Å². The van der Waals surface area contributed by atoms with Crippen LogP contribution < -0.4 is 0 Å². The Kier molecular flexibility index (Phi) is 4.69. The molecule has 3 nitrogen and oxygen atoms in total. The number of likely N-dealkylation sites (N-methyl/N-ethyl adjacent to an activating group) is 1. The number of benzene rings is 2.